The van der Waals surface area contributed by atoms with Crippen molar-refractivity contribution >= 4 is 22.9 Å². The summed E-state index contributed by atoms with van der Waals surface area (Å²) in [4.78, 5) is 25.7. The topological polar surface area (TPSA) is 54.9 Å². The molecule has 0 unspecified atom stereocenters. The van der Waals surface area contributed by atoms with E-state index in [0.29, 0.717) is 11.3 Å². The van der Waals surface area contributed by atoms with Gasteiger partial charge in [-0.2, -0.15) is 11.3 Å². The van der Waals surface area contributed by atoms with E-state index in [4.69, 9.17) is 11.6 Å². The molecule has 0 saturated heterocycles. The minimum atomic E-state index is -0.519. The van der Waals surface area contributed by atoms with Gasteiger partial charge in [-0.25, -0.2) is 9.36 Å². The standard InChI is InChI=1S/C9H7ClN2O2S/c1-5-7(10)11-9(14)12(8(5)13)6-2-3-15-4-6/h2-4H,1H3,(H,11,14). The van der Waals surface area contributed by atoms with Crippen molar-refractivity contribution in [1.29, 1.82) is 0 Å². The Hall–Kier alpha value is -1.33. The highest BCUT2D eigenvalue weighted by Crippen LogP contribution is 2.09. The van der Waals surface area contributed by atoms with Crippen LogP contribution < -0.4 is 11.2 Å². The van der Waals surface area contributed by atoms with Crippen molar-refractivity contribution in [3.05, 3.63) is 48.4 Å². The smallest absolute Gasteiger partial charge is 0.297 e. The summed E-state index contributed by atoms with van der Waals surface area (Å²) in [5.41, 5.74) is -0.00960. The molecule has 0 radical (unpaired) electrons. The molecule has 15 heavy (non-hydrogen) atoms. The lowest BCUT2D eigenvalue weighted by atomic mass is 10.3. The van der Waals surface area contributed by atoms with E-state index in [-0.39, 0.29) is 10.7 Å². The van der Waals surface area contributed by atoms with Gasteiger partial charge in [0.05, 0.1) is 11.3 Å². The third-order valence-electron chi connectivity index (χ3n) is 2.04. The van der Waals surface area contributed by atoms with Gasteiger partial charge >= 0.3 is 5.69 Å². The quantitative estimate of drug-likeness (QED) is 0.772. The van der Waals surface area contributed by atoms with Gasteiger partial charge in [-0.1, -0.05) is 11.6 Å². The molecule has 0 saturated carbocycles. The molecule has 0 bridgehead atoms. The van der Waals surface area contributed by atoms with Gasteiger partial charge in [-0.15, -0.1) is 0 Å². The predicted molar refractivity (Wildman–Crippen MR) is 60.3 cm³/mol. The Morgan fingerprint density at radius 3 is 2.80 bits per heavy atom. The normalized spacial score (nSPS) is 10.5. The Labute approximate surface area is 93.8 Å². The van der Waals surface area contributed by atoms with E-state index in [0.717, 1.165) is 4.57 Å². The highest BCUT2D eigenvalue weighted by molar-refractivity contribution is 7.08. The van der Waals surface area contributed by atoms with Crippen LogP contribution in [0.5, 0.6) is 0 Å². The maximum atomic E-state index is 11.8. The van der Waals surface area contributed by atoms with Crippen LogP contribution >= 0.6 is 22.9 Å². The highest BCUT2D eigenvalue weighted by atomic mass is 35.5. The molecule has 6 heteroatoms. The lowest BCUT2D eigenvalue weighted by Crippen LogP contribution is -2.34. The molecule has 0 spiro atoms. The van der Waals surface area contributed by atoms with Crippen molar-refractivity contribution in [3.63, 3.8) is 0 Å². The Balaban J connectivity index is 2.85. The van der Waals surface area contributed by atoms with E-state index in [2.05, 4.69) is 4.98 Å². The Morgan fingerprint density at radius 1 is 1.47 bits per heavy atom. The largest absolute Gasteiger partial charge is 0.334 e. The van der Waals surface area contributed by atoms with Gasteiger partial charge in [0.1, 0.15) is 5.15 Å². The van der Waals surface area contributed by atoms with E-state index >= 15 is 0 Å². The second-order valence-electron chi connectivity index (χ2n) is 2.99. The van der Waals surface area contributed by atoms with Gasteiger partial charge < -0.3 is 0 Å². The van der Waals surface area contributed by atoms with Gasteiger partial charge in [0.25, 0.3) is 5.56 Å². The van der Waals surface area contributed by atoms with Crippen molar-refractivity contribution in [2.24, 2.45) is 0 Å². The summed E-state index contributed by atoms with van der Waals surface area (Å²) >= 11 is 7.10. The molecule has 78 valence electrons. The number of aromatic amines is 1. The van der Waals surface area contributed by atoms with Crippen LogP contribution in [0.2, 0.25) is 5.15 Å². The van der Waals surface area contributed by atoms with Crippen molar-refractivity contribution in [1.82, 2.24) is 9.55 Å². The Kier molecular flexibility index (Phi) is 2.50. The molecular weight excluding hydrogens is 236 g/mol. The van der Waals surface area contributed by atoms with Crippen LogP contribution in [0.25, 0.3) is 5.69 Å². The monoisotopic (exact) mass is 242 g/mol. The Bertz CT molecular complexity index is 598. The van der Waals surface area contributed by atoms with Crippen LogP contribution in [0.4, 0.5) is 0 Å². The maximum Gasteiger partial charge on any atom is 0.334 e. The molecule has 2 heterocycles. The molecule has 4 nitrogen and oxygen atoms in total. The van der Waals surface area contributed by atoms with Crippen molar-refractivity contribution in [3.8, 4) is 5.69 Å². The molecular formula is C9H7ClN2O2S. The number of thiophene rings is 1. The van der Waals surface area contributed by atoms with Crippen molar-refractivity contribution in [2.45, 2.75) is 6.92 Å². The second-order valence-corrected chi connectivity index (χ2v) is 4.15. The van der Waals surface area contributed by atoms with Crippen molar-refractivity contribution < 1.29 is 0 Å². The van der Waals surface area contributed by atoms with E-state index in [1.165, 1.54) is 11.3 Å². The van der Waals surface area contributed by atoms with Gasteiger partial charge in [0.15, 0.2) is 0 Å². The zero-order valence-corrected chi connectivity index (χ0v) is 9.35. The lowest BCUT2D eigenvalue weighted by molar-refractivity contribution is 0.863. The summed E-state index contributed by atoms with van der Waals surface area (Å²) in [6.45, 7) is 1.57. The zero-order valence-electron chi connectivity index (χ0n) is 7.78. The zero-order chi connectivity index (χ0) is 11.0. The first kappa shape index (κ1) is 10.2. The fourth-order valence-corrected chi connectivity index (χ4v) is 2.00. The number of rotatable bonds is 1. The SMILES string of the molecule is Cc1c(Cl)[nH]c(=O)n(-c2ccsc2)c1=O. The first-order valence-electron chi connectivity index (χ1n) is 4.15. The van der Waals surface area contributed by atoms with Crippen LogP contribution in [0, 0.1) is 6.92 Å². The minimum Gasteiger partial charge on any atom is -0.297 e. The number of nitrogens with zero attached hydrogens (tertiary/aromatic N) is 1. The number of halogens is 1. The van der Waals surface area contributed by atoms with Gasteiger partial charge in [-0.3, -0.25) is 9.78 Å². The molecule has 1 N–H and O–H groups in total. The van der Waals surface area contributed by atoms with Crippen molar-refractivity contribution in [2.75, 3.05) is 0 Å². The van der Waals surface area contributed by atoms with E-state index in [1.807, 2.05) is 0 Å². The first-order valence-corrected chi connectivity index (χ1v) is 5.47. The number of hydrogen-bond donors (Lipinski definition) is 1. The number of aromatic nitrogens is 2. The fraction of sp³-hybridized carbons (Fsp3) is 0.111. The molecule has 0 aliphatic heterocycles. The summed E-state index contributed by atoms with van der Waals surface area (Å²) in [6.07, 6.45) is 0. The number of nitrogens with one attached hydrogen (secondary N) is 1. The van der Waals surface area contributed by atoms with Gasteiger partial charge in [0, 0.05) is 5.38 Å². The average Bonchev–Trinajstić information content (AvgIpc) is 2.68. The molecule has 0 aliphatic rings. The van der Waals surface area contributed by atoms with Crippen LogP contribution in [-0.4, -0.2) is 9.55 Å². The lowest BCUT2D eigenvalue weighted by Gasteiger charge is -2.03. The molecule has 0 amide bonds. The minimum absolute atomic E-state index is 0.0940. The third kappa shape index (κ3) is 1.64. The third-order valence-corrected chi connectivity index (χ3v) is 3.09. The summed E-state index contributed by atoms with van der Waals surface area (Å²) in [6, 6.07) is 1.70. The van der Waals surface area contributed by atoms with Crippen LogP contribution in [0.1, 0.15) is 5.56 Å². The molecule has 0 aromatic carbocycles. The molecule has 0 fully saturated rings. The van der Waals surface area contributed by atoms with Crippen LogP contribution in [-0.2, 0) is 0 Å². The predicted octanol–water partition coefficient (Wildman–Crippen LogP) is 1.55. The molecule has 2 aromatic rings. The van der Waals surface area contributed by atoms with Gasteiger partial charge in [-0.05, 0) is 18.4 Å². The summed E-state index contributed by atoms with van der Waals surface area (Å²) < 4.78 is 1.07. The summed E-state index contributed by atoms with van der Waals surface area (Å²) in [7, 11) is 0. The Morgan fingerprint density at radius 2 is 2.20 bits per heavy atom. The van der Waals surface area contributed by atoms with E-state index in [9.17, 15) is 9.59 Å². The maximum absolute atomic E-state index is 11.8. The van der Waals surface area contributed by atoms with Crippen LogP contribution in [0.15, 0.2) is 26.4 Å². The molecule has 0 aliphatic carbocycles. The number of H-pyrrole nitrogens is 1. The summed E-state index contributed by atoms with van der Waals surface area (Å²) in [5, 5.41) is 3.62. The molecule has 0 atom stereocenters. The second kappa shape index (κ2) is 3.67. The first-order chi connectivity index (χ1) is 7.11. The van der Waals surface area contributed by atoms with E-state index < -0.39 is 5.69 Å². The van der Waals surface area contributed by atoms with Gasteiger partial charge in [0.2, 0.25) is 0 Å². The molecule has 2 rings (SSSR count). The van der Waals surface area contributed by atoms with Crippen LogP contribution in [0.3, 0.4) is 0 Å². The average molecular weight is 243 g/mol. The summed E-state index contributed by atoms with van der Waals surface area (Å²) in [5.74, 6) is 0. The van der Waals surface area contributed by atoms with E-state index in [1.54, 1.807) is 23.8 Å². The highest BCUT2D eigenvalue weighted by Gasteiger charge is 2.10. The number of hydrogen-bond acceptors (Lipinski definition) is 3. The fourth-order valence-electron chi connectivity index (χ4n) is 1.22. The molecule has 2 aromatic heterocycles.